The first kappa shape index (κ1) is 21.8. The number of sulfonamides is 1. The van der Waals surface area contributed by atoms with Crippen molar-refractivity contribution in [1.82, 2.24) is 4.90 Å². The Morgan fingerprint density at radius 3 is 2.45 bits per heavy atom. The molecule has 0 spiro atoms. The molecule has 2 aromatic carbocycles. The van der Waals surface area contributed by atoms with Gasteiger partial charge in [0.15, 0.2) is 0 Å². The zero-order valence-electron chi connectivity index (χ0n) is 15.7. The number of carbonyl (C=O) groups is 1. The SMILES string of the molecule is CC[NH+]1CCN(C(=O)c2cc(S(=O)(=O)[N-]c3ccccc3F)c(Cl)cc2Cl)CC1. The first-order chi connectivity index (χ1) is 13.7. The van der Waals surface area contributed by atoms with Gasteiger partial charge in [-0.1, -0.05) is 47.1 Å². The second-order valence-electron chi connectivity index (χ2n) is 6.68. The molecule has 1 aliphatic rings. The summed E-state index contributed by atoms with van der Waals surface area (Å²) in [5.41, 5.74) is -0.316. The molecule has 2 aromatic rings. The Bertz CT molecular complexity index is 1030. The van der Waals surface area contributed by atoms with E-state index >= 15 is 0 Å². The van der Waals surface area contributed by atoms with Crippen LogP contribution >= 0.6 is 23.2 Å². The van der Waals surface area contributed by atoms with Crippen molar-refractivity contribution in [3.05, 3.63) is 62.5 Å². The minimum absolute atomic E-state index is 0.0262. The maximum absolute atomic E-state index is 13.8. The number of amides is 1. The van der Waals surface area contributed by atoms with Crippen LogP contribution in [0.4, 0.5) is 10.1 Å². The predicted molar refractivity (Wildman–Crippen MR) is 110 cm³/mol. The first-order valence-corrected chi connectivity index (χ1v) is 11.3. The molecule has 0 atom stereocenters. The standard InChI is InChI=1S/C19H19Cl2FN3O3S/c1-2-24-7-9-25(10-8-24)19(26)13-11-18(15(21)12-14(13)20)29(27,28)23-17-6-4-3-5-16(17)22/h3-6,11-12H,2,7-10H2,1H3/q-1/p+1. The van der Waals surface area contributed by atoms with Gasteiger partial charge in [0.2, 0.25) is 0 Å². The number of benzene rings is 2. The van der Waals surface area contributed by atoms with Gasteiger partial charge in [0, 0.05) is 0 Å². The van der Waals surface area contributed by atoms with Crippen molar-refractivity contribution >= 4 is 44.8 Å². The number of carbonyl (C=O) groups excluding carboxylic acids is 1. The van der Waals surface area contributed by atoms with Gasteiger partial charge in [0.1, 0.15) is 15.8 Å². The lowest BCUT2D eigenvalue weighted by Crippen LogP contribution is -3.14. The predicted octanol–water partition coefficient (Wildman–Crippen LogP) is 2.89. The van der Waals surface area contributed by atoms with Crippen molar-refractivity contribution in [2.45, 2.75) is 11.8 Å². The van der Waals surface area contributed by atoms with Crippen molar-refractivity contribution in [3.8, 4) is 0 Å². The Hall–Kier alpha value is -1.87. The molecule has 6 nitrogen and oxygen atoms in total. The van der Waals surface area contributed by atoms with E-state index in [0.717, 1.165) is 31.8 Å². The van der Waals surface area contributed by atoms with Gasteiger partial charge in [-0.05, 0) is 25.1 Å². The Morgan fingerprint density at radius 1 is 1.17 bits per heavy atom. The molecule has 10 heteroatoms. The van der Waals surface area contributed by atoms with Crippen LogP contribution in [0.15, 0.2) is 41.3 Å². The number of rotatable bonds is 5. The fourth-order valence-corrected chi connectivity index (χ4v) is 4.98. The van der Waals surface area contributed by atoms with E-state index in [-0.39, 0.29) is 27.2 Å². The fourth-order valence-electron chi connectivity index (χ4n) is 3.15. The van der Waals surface area contributed by atoms with Gasteiger partial charge in [-0.2, -0.15) is 0 Å². The van der Waals surface area contributed by atoms with Gasteiger partial charge in [0.25, 0.3) is 5.91 Å². The van der Waals surface area contributed by atoms with Crippen LogP contribution in [0.25, 0.3) is 4.72 Å². The molecule has 1 saturated heterocycles. The highest BCUT2D eigenvalue weighted by Gasteiger charge is 2.26. The highest BCUT2D eigenvalue weighted by Crippen LogP contribution is 2.36. The summed E-state index contributed by atoms with van der Waals surface area (Å²) in [5.74, 6) is -1.15. The minimum atomic E-state index is -4.36. The molecule has 3 rings (SSSR count). The molecule has 1 aliphatic heterocycles. The molecule has 0 saturated carbocycles. The smallest absolute Gasteiger partial charge is 0.255 e. The highest BCUT2D eigenvalue weighted by atomic mass is 35.5. The number of piperazine rings is 1. The lowest BCUT2D eigenvalue weighted by Gasteiger charge is -2.32. The summed E-state index contributed by atoms with van der Waals surface area (Å²) in [4.78, 5) is 15.6. The second kappa shape index (κ2) is 8.87. The molecular weight excluding hydrogens is 440 g/mol. The number of halogens is 3. The molecule has 0 unspecified atom stereocenters. The summed E-state index contributed by atoms with van der Waals surface area (Å²) < 4.78 is 42.8. The molecule has 0 bridgehead atoms. The Balaban J connectivity index is 1.91. The maximum atomic E-state index is 13.8. The molecule has 1 heterocycles. The zero-order valence-corrected chi connectivity index (χ0v) is 18.0. The van der Waals surface area contributed by atoms with E-state index in [1.807, 2.05) is 0 Å². The number of nitrogens with zero attached hydrogens (tertiary/aromatic N) is 2. The molecular formula is C19H20Cl2FN3O3S. The summed E-state index contributed by atoms with van der Waals surface area (Å²) in [7, 11) is -4.36. The Morgan fingerprint density at radius 2 is 1.83 bits per heavy atom. The van der Waals surface area contributed by atoms with Gasteiger partial charge in [0.05, 0.1) is 53.2 Å². The summed E-state index contributed by atoms with van der Waals surface area (Å²) in [6.45, 7) is 5.76. The van der Waals surface area contributed by atoms with Crippen LogP contribution in [-0.4, -0.2) is 51.9 Å². The number of likely N-dealkylation sites (N-methyl/N-ethyl adjacent to an activating group) is 1. The number of quaternary nitrogens is 1. The van der Waals surface area contributed by atoms with Gasteiger partial charge in [-0.15, -0.1) is 0 Å². The Kier molecular flexibility index (Phi) is 6.68. The van der Waals surface area contributed by atoms with Gasteiger partial charge in [-0.25, -0.2) is 12.8 Å². The summed E-state index contributed by atoms with van der Waals surface area (Å²) in [6, 6.07) is 7.54. The van der Waals surface area contributed by atoms with Crippen molar-refractivity contribution in [2.24, 2.45) is 0 Å². The van der Waals surface area contributed by atoms with E-state index in [9.17, 15) is 17.6 Å². The van der Waals surface area contributed by atoms with Crippen molar-refractivity contribution in [1.29, 1.82) is 0 Å². The third-order valence-corrected chi connectivity index (χ3v) is 6.93. The van der Waals surface area contributed by atoms with E-state index in [4.69, 9.17) is 23.2 Å². The third-order valence-electron chi connectivity index (χ3n) is 4.86. The minimum Gasteiger partial charge on any atom is -0.570 e. The molecule has 0 aromatic heterocycles. The van der Waals surface area contributed by atoms with Crippen molar-refractivity contribution in [2.75, 3.05) is 32.7 Å². The number of hydrogen-bond donors (Lipinski definition) is 1. The number of nitrogens with one attached hydrogen (secondary N) is 1. The quantitative estimate of drug-likeness (QED) is 0.746. The second-order valence-corrected chi connectivity index (χ2v) is 9.06. The highest BCUT2D eigenvalue weighted by molar-refractivity contribution is 7.94. The lowest BCUT2D eigenvalue weighted by atomic mass is 10.1. The number of hydrogen-bond acceptors (Lipinski definition) is 3. The zero-order chi connectivity index (χ0) is 21.2. The molecule has 0 radical (unpaired) electrons. The average Bonchev–Trinajstić information content (AvgIpc) is 2.69. The summed E-state index contributed by atoms with van der Waals surface area (Å²) in [6.07, 6.45) is 0. The molecule has 1 amide bonds. The lowest BCUT2D eigenvalue weighted by molar-refractivity contribution is -0.902. The molecule has 0 aliphatic carbocycles. The van der Waals surface area contributed by atoms with E-state index in [1.54, 1.807) is 4.90 Å². The van der Waals surface area contributed by atoms with Gasteiger partial charge >= 0.3 is 0 Å². The van der Waals surface area contributed by atoms with Gasteiger partial charge in [-0.3, -0.25) is 4.79 Å². The van der Waals surface area contributed by atoms with Crippen LogP contribution in [0.3, 0.4) is 0 Å². The molecule has 1 N–H and O–H groups in total. The summed E-state index contributed by atoms with van der Waals surface area (Å²) in [5, 5.41) is -0.137. The van der Waals surface area contributed by atoms with Crippen LogP contribution in [0, 0.1) is 5.82 Å². The van der Waals surface area contributed by atoms with Crippen LogP contribution in [-0.2, 0) is 10.0 Å². The third kappa shape index (κ3) is 4.83. The molecule has 1 fully saturated rings. The normalized spacial score (nSPS) is 15.4. The van der Waals surface area contributed by atoms with Crippen LogP contribution < -0.4 is 4.90 Å². The summed E-state index contributed by atoms with van der Waals surface area (Å²) >= 11 is 12.3. The molecule has 156 valence electrons. The van der Waals surface area contributed by atoms with E-state index < -0.39 is 20.7 Å². The van der Waals surface area contributed by atoms with E-state index in [2.05, 4.69) is 11.6 Å². The van der Waals surface area contributed by atoms with E-state index in [0.29, 0.717) is 13.1 Å². The van der Waals surface area contributed by atoms with Crippen LogP contribution in [0.5, 0.6) is 0 Å². The van der Waals surface area contributed by atoms with Crippen molar-refractivity contribution in [3.63, 3.8) is 0 Å². The maximum Gasteiger partial charge on any atom is 0.255 e. The van der Waals surface area contributed by atoms with E-state index in [1.165, 1.54) is 29.2 Å². The van der Waals surface area contributed by atoms with Crippen LogP contribution in [0.2, 0.25) is 10.0 Å². The van der Waals surface area contributed by atoms with Gasteiger partial charge < -0.3 is 14.5 Å². The van der Waals surface area contributed by atoms with Crippen LogP contribution in [0.1, 0.15) is 17.3 Å². The fraction of sp³-hybridized carbons (Fsp3) is 0.316. The first-order valence-electron chi connectivity index (χ1n) is 9.07. The average molecular weight is 460 g/mol. The largest absolute Gasteiger partial charge is 0.570 e. The Labute approximate surface area is 179 Å². The molecule has 29 heavy (non-hydrogen) atoms. The topological polar surface area (TPSA) is 73.0 Å². The monoisotopic (exact) mass is 459 g/mol. The van der Waals surface area contributed by atoms with Crippen molar-refractivity contribution < 1.29 is 22.5 Å².